The van der Waals surface area contributed by atoms with Crippen molar-refractivity contribution in [2.24, 2.45) is 0 Å². The number of nitrogens with one attached hydrogen (secondary N) is 1. The highest BCUT2D eigenvalue weighted by Crippen LogP contribution is 2.12. The van der Waals surface area contributed by atoms with E-state index in [0.717, 1.165) is 11.4 Å². The minimum Gasteiger partial charge on any atom is -0.301 e. The van der Waals surface area contributed by atoms with Crippen LogP contribution in [0.3, 0.4) is 0 Å². The van der Waals surface area contributed by atoms with Crippen molar-refractivity contribution in [3.8, 4) is 0 Å². The highest BCUT2D eigenvalue weighted by atomic mass is 35.5. The number of hydrogen-bond donors (Lipinski definition) is 1. The molecule has 0 bridgehead atoms. The monoisotopic (exact) mass is 399 g/mol. The maximum Gasteiger partial charge on any atom is 0.0722 e. The second-order valence-corrected chi connectivity index (χ2v) is 7.69. The highest BCUT2D eigenvalue weighted by molar-refractivity contribution is 6.30. The van der Waals surface area contributed by atoms with Gasteiger partial charge in [0.15, 0.2) is 0 Å². The summed E-state index contributed by atoms with van der Waals surface area (Å²) in [4.78, 5) is 5.53. The lowest BCUT2D eigenvalue weighted by Crippen LogP contribution is -2.15. The molecule has 0 aliphatic carbocycles. The molecule has 0 aliphatic heterocycles. The predicted octanol–water partition coefficient (Wildman–Crippen LogP) is 7.37. The lowest BCUT2D eigenvalue weighted by molar-refractivity contribution is 0.0387. The van der Waals surface area contributed by atoms with Crippen molar-refractivity contribution in [2.45, 2.75) is 64.8 Å². The summed E-state index contributed by atoms with van der Waals surface area (Å²) in [6.07, 6.45) is 14.7. The zero-order valence-corrected chi connectivity index (χ0v) is 17.9. The molecule has 0 aliphatic rings. The van der Waals surface area contributed by atoms with Crippen LogP contribution in [0.2, 0.25) is 5.02 Å². The molecule has 0 unspecified atom stereocenters. The number of unbranched alkanes of at least 4 members (excludes halogenated alkanes) is 6. The summed E-state index contributed by atoms with van der Waals surface area (Å²) in [7, 11) is 0. The lowest BCUT2D eigenvalue weighted by atomic mass is 10.1. The normalized spacial score (nSPS) is 11.4. The first-order chi connectivity index (χ1) is 13.8. The van der Waals surface area contributed by atoms with Gasteiger partial charge >= 0.3 is 0 Å². The molecule has 0 fully saturated rings. The van der Waals surface area contributed by atoms with E-state index in [1.165, 1.54) is 61.6 Å². The van der Waals surface area contributed by atoms with Gasteiger partial charge in [-0.3, -0.25) is 0 Å². The fourth-order valence-corrected chi connectivity index (χ4v) is 3.29. The Labute approximate surface area is 175 Å². The molecule has 2 aromatic carbocycles. The topological polar surface area (TPSA) is 21.3 Å². The van der Waals surface area contributed by atoms with Gasteiger partial charge in [0.1, 0.15) is 0 Å². The van der Waals surface area contributed by atoms with Crippen molar-refractivity contribution in [3.05, 3.63) is 76.3 Å². The average molecular weight is 400 g/mol. The van der Waals surface area contributed by atoms with Crippen LogP contribution in [0.1, 0.15) is 68.6 Å². The fourth-order valence-electron chi connectivity index (χ4n) is 3.08. The summed E-state index contributed by atoms with van der Waals surface area (Å²) in [5.41, 5.74) is 6.70. The van der Waals surface area contributed by atoms with Crippen LogP contribution in [0, 0.1) is 0 Å². The van der Waals surface area contributed by atoms with Crippen LogP contribution >= 0.6 is 11.6 Å². The van der Waals surface area contributed by atoms with Crippen LogP contribution in [-0.2, 0) is 17.8 Å². The molecule has 0 aromatic heterocycles. The molecule has 3 heteroatoms. The Morgan fingerprint density at radius 3 is 2.50 bits per heavy atom. The van der Waals surface area contributed by atoms with E-state index in [2.05, 4.69) is 54.9 Å². The van der Waals surface area contributed by atoms with E-state index in [1.807, 2.05) is 18.2 Å². The van der Waals surface area contributed by atoms with Crippen molar-refractivity contribution in [1.82, 2.24) is 5.48 Å². The van der Waals surface area contributed by atoms with Crippen LogP contribution in [0.15, 0.2) is 54.6 Å². The Kier molecular flexibility index (Phi) is 11.7. The van der Waals surface area contributed by atoms with Gasteiger partial charge in [0.25, 0.3) is 0 Å². The smallest absolute Gasteiger partial charge is 0.0722 e. The highest BCUT2D eigenvalue weighted by Gasteiger charge is 1.96. The van der Waals surface area contributed by atoms with Gasteiger partial charge in [-0.05, 0) is 48.1 Å². The summed E-state index contributed by atoms with van der Waals surface area (Å²) >= 11 is 5.99. The van der Waals surface area contributed by atoms with E-state index in [4.69, 9.17) is 16.4 Å². The number of hydroxylamine groups is 1. The molecule has 0 saturated heterocycles. The molecule has 0 saturated carbocycles. The van der Waals surface area contributed by atoms with E-state index in [1.54, 1.807) is 0 Å². The van der Waals surface area contributed by atoms with Crippen LogP contribution in [0.25, 0.3) is 6.08 Å². The van der Waals surface area contributed by atoms with Crippen molar-refractivity contribution in [1.29, 1.82) is 0 Å². The first kappa shape index (κ1) is 22.7. The van der Waals surface area contributed by atoms with Gasteiger partial charge in [0.05, 0.1) is 6.61 Å². The van der Waals surface area contributed by atoms with E-state index in [-0.39, 0.29) is 0 Å². The number of halogens is 1. The maximum atomic E-state index is 5.99. The van der Waals surface area contributed by atoms with Crippen molar-refractivity contribution >= 4 is 17.7 Å². The van der Waals surface area contributed by atoms with Gasteiger partial charge in [-0.25, -0.2) is 0 Å². The van der Waals surface area contributed by atoms with Gasteiger partial charge in [0.2, 0.25) is 0 Å². The Morgan fingerprint density at radius 1 is 0.929 bits per heavy atom. The number of allylic oxidation sites excluding steroid dienone is 1. The average Bonchev–Trinajstić information content (AvgIpc) is 2.71. The zero-order chi connectivity index (χ0) is 19.9. The van der Waals surface area contributed by atoms with E-state index < -0.39 is 0 Å². The molecule has 28 heavy (non-hydrogen) atoms. The van der Waals surface area contributed by atoms with Gasteiger partial charge in [-0.2, -0.15) is 5.48 Å². The Hall–Kier alpha value is -1.61. The predicted molar refractivity (Wildman–Crippen MR) is 121 cm³/mol. The van der Waals surface area contributed by atoms with Gasteiger partial charge in [-0.15, -0.1) is 0 Å². The van der Waals surface area contributed by atoms with E-state index >= 15 is 0 Å². The van der Waals surface area contributed by atoms with Gasteiger partial charge in [0, 0.05) is 11.6 Å². The first-order valence-electron chi connectivity index (χ1n) is 10.6. The Bertz CT molecular complexity index is 681. The minimum atomic E-state index is 0.625. The quantitative estimate of drug-likeness (QED) is 0.264. The fraction of sp³-hybridized carbons (Fsp3) is 0.440. The summed E-state index contributed by atoms with van der Waals surface area (Å²) in [5, 5.41) is 0.770. The molecule has 0 heterocycles. The molecule has 2 nitrogen and oxygen atoms in total. The third-order valence-electron chi connectivity index (χ3n) is 4.77. The van der Waals surface area contributed by atoms with Crippen LogP contribution < -0.4 is 5.48 Å². The molecular weight excluding hydrogens is 366 g/mol. The third-order valence-corrected chi connectivity index (χ3v) is 5.01. The largest absolute Gasteiger partial charge is 0.301 e. The van der Waals surface area contributed by atoms with E-state index in [0.29, 0.717) is 13.2 Å². The lowest BCUT2D eigenvalue weighted by Gasteiger charge is -2.07. The number of rotatable bonds is 14. The molecule has 0 radical (unpaired) electrons. The van der Waals surface area contributed by atoms with Crippen molar-refractivity contribution in [3.63, 3.8) is 0 Å². The van der Waals surface area contributed by atoms with E-state index in [9.17, 15) is 0 Å². The maximum absolute atomic E-state index is 5.99. The summed E-state index contributed by atoms with van der Waals surface area (Å²) in [6.45, 7) is 3.59. The number of benzene rings is 2. The van der Waals surface area contributed by atoms with Crippen molar-refractivity contribution in [2.75, 3.05) is 6.61 Å². The van der Waals surface area contributed by atoms with Crippen molar-refractivity contribution < 1.29 is 4.84 Å². The standard InChI is InChI=1S/C25H34ClNO/c1-2-3-4-5-6-7-8-9-11-22-14-16-24(17-15-22)21-27-28-19-18-23-12-10-13-25(26)20-23/h9-17,20,27H,2-8,18-19,21H2,1H3/b11-9-. The molecule has 152 valence electrons. The van der Waals surface area contributed by atoms with Crippen LogP contribution in [-0.4, -0.2) is 6.61 Å². The molecular formula is C25H34ClNO. The number of hydrogen-bond acceptors (Lipinski definition) is 2. The zero-order valence-electron chi connectivity index (χ0n) is 17.1. The molecule has 1 N–H and O–H groups in total. The first-order valence-corrected chi connectivity index (χ1v) is 11.0. The molecule has 2 rings (SSSR count). The Morgan fingerprint density at radius 2 is 1.71 bits per heavy atom. The third kappa shape index (κ3) is 10.1. The summed E-state index contributed by atoms with van der Waals surface area (Å²) in [5.74, 6) is 0. The Balaban J connectivity index is 1.56. The molecule has 0 atom stereocenters. The van der Waals surface area contributed by atoms with Gasteiger partial charge < -0.3 is 4.84 Å². The summed E-state index contributed by atoms with van der Waals surface area (Å²) < 4.78 is 0. The molecule has 0 amide bonds. The summed E-state index contributed by atoms with van der Waals surface area (Å²) in [6, 6.07) is 16.5. The second-order valence-electron chi connectivity index (χ2n) is 7.25. The minimum absolute atomic E-state index is 0.625. The molecule has 2 aromatic rings. The van der Waals surface area contributed by atoms with Crippen LogP contribution in [0.5, 0.6) is 0 Å². The second kappa shape index (κ2) is 14.4. The van der Waals surface area contributed by atoms with Gasteiger partial charge in [-0.1, -0.05) is 99.2 Å². The van der Waals surface area contributed by atoms with Crippen LogP contribution in [0.4, 0.5) is 0 Å². The SMILES string of the molecule is CCCCCCCC/C=C\c1ccc(CNOCCc2cccc(Cl)c2)cc1. The molecule has 0 spiro atoms.